The zero-order valence-electron chi connectivity index (χ0n) is 35.5. The van der Waals surface area contributed by atoms with E-state index < -0.39 is 48.1 Å². The zero-order chi connectivity index (χ0) is 41.5. The quantitative estimate of drug-likeness (QED) is 0.163. The molecule has 1 aromatic rings. The smallest absolute Gasteiger partial charge is 0.326 e. The normalized spacial score (nSPS) is 17.7. The number of benzene rings is 1. The van der Waals surface area contributed by atoms with Crippen LogP contribution in [0.2, 0.25) is 0 Å². The van der Waals surface area contributed by atoms with Crippen LogP contribution in [0, 0.1) is 17.8 Å². The fourth-order valence-electron chi connectivity index (χ4n) is 6.53. The van der Waals surface area contributed by atoms with Crippen molar-refractivity contribution in [3.05, 3.63) is 35.9 Å². The number of hydrogen-bond acceptors (Lipinski definition) is 8. The zero-order valence-corrected chi connectivity index (χ0v) is 35.5. The highest BCUT2D eigenvalue weighted by molar-refractivity contribution is 5.85. The first kappa shape index (κ1) is 50.5. The molecule has 310 valence electrons. The van der Waals surface area contributed by atoms with Crippen LogP contribution in [-0.4, -0.2) is 135 Å². The molecule has 54 heavy (non-hydrogen) atoms. The van der Waals surface area contributed by atoms with Crippen molar-refractivity contribution >= 4 is 30.1 Å². The van der Waals surface area contributed by atoms with Crippen molar-refractivity contribution in [1.29, 1.82) is 0 Å². The van der Waals surface area contributed by atoms with Crippen molar-refractivity contribution in [1.82, 2.24) is 25.3 Å². The molecule has 4 amide bonds. The summed E-state index contributed by atoms with van der Waals surface area (Å²) >= 11 is 0. The van der Waals surface area contributed by atoms with Crippen LogP contribution in [0.5, 0.6) is 0 Å². The Balaban J connectivity index is 0.00000222. The maximum absolute atomic E-state index is 13.7. The molecular weight excluding hydrogens is 690 g/mol. The summed E-state index contributed by atoms with van der Waals surface area (Å²) in [6.07, 6.45) is 2.67. The number of carboxylic acids is 1. The van der Waals surface area contributed by atoms with Gasteiger partial charge in [0.25, 0.3) is 0 Å². The average Bonchev–Trinajstić information content (AvgIpc) is 3.63. The summed E-state index contributed by atoms with van der Waals surface area (Å²) in [4.78, 5) is 67.9. The maximum Gasteiger partial charge on any atom is 0.326 e. The lowest BCUT2D eigenvalue weighted by atomic mass is 9.90. The Bertz CT molecular complexity index is 1230. The van der Waals surface area contributed by atoms with Gasteiger partial charge in [0.1, 0.15) is 6.04 Å². The number of nitrogens with one attached hydrogen (secondary N) is 2. The van der Waals surface area contributed by atoms with Crippen LogP contribution >= 0.6 is 0 Å². The first-order valence-corrected chi connectivity index (χ1v) is 19.5. The third-order valence-corrected chi connectivity index (χ3v) is 10.3. The van der Waals surface area contributed by atoms with E-state index >= 15 is 0 Å². The molecule has 0 spiro atoms. The molecule has 13 nitrogen and oxygen atoms in total. The summed E-state index contributed by atoms with van der Waals surface area (Å²) in [5, 5.41) is 14.8. The number of rotatable bonds is 20. The lowest BCUT2D eigenvalue weighted by Gasteiger charge is -2.39. The highest BCUT2D eigenvalue weighted by atomic mass is 16.5. The second-order valence-electron chi connectivity index (χ2n) is 14.9. The van der Waals surface area contributed by atoms with E-state index in [-0.39, 0.29) is 37.1 Å². The number of carboxylic acid groups (broad SMARTS) is 1. The Morgan fingerprint density at radius 1 is 0.981 bits per heavy atom. The Morgan fingerprint density at radius 3 is 2.02 bits per heavy atom. The molecule has 0 saturated carbocycles. The number of hydrogen-bond donors (Lipinski definition) is 3. The molecule has 8 atom stereocenters. The molecule has 0 aromatic heterocycles. The van der Waals surface area contributed by atoms with Crippen molar-refractivity contribution in [3.63, 3.8) is 0 Å². The van der Waals surface area contributed by atoms with Crippen molar-refractivity contribution in [2.24, 2.45) is 17.8 Å². The maximum atomic E-state index is 13.7. The first-order valence-electron chi connectivity index (χ1n) is 19.5. The number of methoxy groups -OCH3 is 2. The average molecular weight is 764 g/mol. The largest absolute Gasteiger partial charge is 0.480 e. The summed E-state index contributed by atoms with van der Waals surface area (Å²) in [5.41, 5.74) is 0.787. The first-order chi connectivity index (χ1) is 25.5. The van der Waals surface area contributed by atoms with Crippen molar-refractivity contribution in [3.8, 4) is 0 Å². The van der Waals surface area contributed by atoms with E-state index in [1.165, 1.54) is 25.5 Å². The van der Waals surface area contributed by atoms with Gasteiger partial charge in [0.2, 0.25) is 24.1 Å². The predicted molar refractivity (Wildman–Crippen MR) is 214 cm³/mol. The molecule has 1 fully saturated rings. The fourth-order valence-corrected chi connectivity index (χ4v) is 6.53. The Hall–Kier alpha value is -3.55. The Morgan fingerprint density at radius 2 is 1.57 bits per heavy atom. The van der Waals surface area contributed by atoms with Crippen molar-refractivity contribution in [2.75, 3.05) is 48.5 Å². The number of amides is 4. The summed E-state index contributed by atoms with van der Waals surface area (Å²) < 4.78 is 11.6. The van der Waals surface area contributed by atoms with E-state index in [4.69, 9.17) is 9.47 Å². The van der Waals surface area contributed by atoms with Crippen LogP contribution in [0.15, 0.2) is 30.3 Å². The third kappa shape index (κ3) is 16.9. The number of aliphatic carboxylic acids is 1. The molecule has 13 heteroatoms. The number of carbonyl (C=O) groups is 5. The van der Waals surface area contributed by atoms with Gasteiger partial charge in [-0.25, -0.2) is 4.79 Å². The molecule has 0 radical (unpaired) electrons. The van der Waals surface area contributed by atoms with E-state index in [0.717, 1.165) is 24.3 Å². The van der Waals surface area contributed by atoms with Crippen LogP contribution in [-0.2, 0) is 39.9 Å². The Labute approximate surface area is 325 Å². The highest BCUT2D eigenvalue weighted by Crippen LogP contribution is 2.29. The minimum absolute atomic E-state index is 0.00538. The monoisotopic (exact) mass is 764 g/mol. The third-order valence-electron chi connectivity index (χ3n) is 10.3. The molecule has 0 aliphatic carbocycles. The van der Waals surface area contributed by atoms with Gasteiger partial charge in [-0.05, 0) is 51.3 Å². The van der Waals surface area contributed by atoms with E-state index in [1.54, 1.807) is 31.0 Å². The summed E-state index contributed by atoms with van der Waals surface area (Å²) in [7, 11) is 8.87. The molecule has 1 heterocycles. The van der Waals surface area contributed by atoms with Crippen LogP contribution in [0.3, 0.4) is 0 Å². The van der Waals surface area contributed by atoms with Gasteiger partial charge in [0.15, 0.2) is 0 Å². The number of likely N-dealkylation sites (tertiary alicyclic amines) is 1. The minimum Gasteiger partial charge on any atom is -0.480 e. The number of carbonyl (C=O) groups excluding carboxylic acids is 4. The number of likely N-dealkylation sites (N-methyl/N-ethyl adjacent to an activating group) is 1. The lowest BCUT2D eigenvalue weighted by molar-refractivity contribution is -0.146. The fraction of sp³-hybridized carbons (Fsp3) is 0.732. The van der Waals surface area contributed by atoms with Gasteiger partial charge in [-0.1, -0.05) is 91.6 Å². The van der Waals surface area contributed by atoms with Gasteiger partial charge in [-0.2, -0.15) is 0 Å². The SMILES string of the molecule is CC(C)C(C)N(C)C.CCC.CCC(C)C(C(CC(=O)N1CCCC1C(OC)C(C)C(=O)NC(Cc1ccccc1)C(=O)O)OC)N(C)C(=O)CNC=O. The van der Waals surface area contributed by atoms with E-state index in [2.05, 4.69) is 64.2 Å². The predicted octanol–water partition coefficient (Wildman–Crippen LogP) is 4.47. The van der Waals surface area contributed by atoms with Gasteiger partial charge in [-0.3, -0.25) is 19.2 Å². The van der Waals surface area contributed by atoms with Gasteiger partial charge in [0.05, 0.1) is 43.2 Å². The second-order valence-corrected chi connectivity index (χ2v) is 14.9. The molecule has 8 unspecified atom stereocenters. The van der Waals surface area contributed by atoms with Gasteiger partial charge < -0.3 is 39.9 Å². The standard InChI is InChI=1S/C31H48N4O8.C7H17N.C3H8/c1-7-20(2)28(34(4)27(38)18-32-19-36)25(42-5)17-26(37)35-15-11-14-24(35)29(43-6)21(3)30(39)33-23(31(40)41)16-22-12-9-8-10-13-22;1-6(2)7(3)8(4)5;1-3-2/h8-10,12-13,19-21,23-25,28-29H,7,11,14-18H2,1-6H3,(H,32,36)(H,33,39)(H,40,41);6-7H,1-5H3;3H2,1-2H3. The summed E-state index contributed by atoms with van der Waals surface area (Å²) in [5.74, 6) is -2.04. The summed E-state index contributed by atoms with van der Waals surface area (Å²) in [6, 6.07) is 7.85. The molecule has 1 aliphatic heterocycles. The van der Waals surface area contributed by atoms with Crippen molar-refractivity contribution < 1.29 is 38.6 Å². The molecule has 0 bridgehead atoms. The van der Waals surface area contributed by atoms with E-state index in [1.807, 2.05) is 32.0 Å². The second kappa shape index (κ2) is 27.1. The molecular formula is C41H73N5O8. The molecule has 1 aromatic carbocycles. The van der Waals surface area contributed by atoms with Gasteiger partial charge in [0, 0.05) is 40.3 Å². The van der Waals surface area contributed by atoms with Crippen LogP contribution in [0.1, 0.15) is 93.1 Å². The molecule has 2 rings (SSSR count). The van der Waals surface area contributed by atoms with Crippen LogP contribution < -0.4 is 10.6 Å². The number of nitrogens with zero attached hydrogens (tertiary/aromatic N) is 3. The molecule has 1 saturated heterocycles. The van der Waals surface area contributed by atoms with E-state index in [0.29, 0.717) is 25.4 Å². The summed E-state index contributed by atoms with van der Waals surface area (Å²) in [6.45, 7) is 17.0. The van der Waals surface area contributed by atoms with Crippen molar-refractivity contribution in [2.45, 2.75) is 130 Å². The molecule has 1 aliphatic rings. The minimum atomic E-state index is -1.14. The Kier molecular flexibility index (Phi) is 25.3. The van der Waals surface area contributed by atoms with E-state index in [9.17, 15) is 29.1 Å². The molecule has 3 N–H and O–H groups in total. The topological polar surface area (TPSA) is 158 Å². The van der Waals surface area contributed by atoms with Gasteiger partial charge in [-0.15, -0.1) is 0 Å². The van der Waals surface area contributed by atoms with Crippen LogP contribution in [0.4, 0.5) is 0 Å². The number of ether oxygens (including phenoxy) is 2. The highest BCUT2D eigenvalue weighted by Gasteiger charge is 2.42. The lowest BCUT2D eigenvalue weighted by Crippen LogP contribution is -2.54. The van der Waals surface area contributed by atoms with Crippen LogP contribution in [0.25, 0.3) is 0 Å². The van der Waals surface area contributed by atoms with Gasteiger partial charge >= 0.3 is 5.97 Å².